The minimum absolute atomic E-state index is 0.0738. The molecule has 0 unspecified atom stereocenters. The van der Waals surface area contributed by atoms with E-state index in [1.165, 1.54) is 0 Å². The Kier molecular flexibility index (Phi) is 7.50. The molecule has 0 atom stereocenters. The van der Waals surface area contributed by atoms with Crippen LogP contribution >= 0.6 is 0 Å². The molecule has 1 N–H and O–H groups in total. The van der Waals surface area contributed by atoms with Crippen LogP contribution in [0.25, 0.3) is 11.4 Å². The molecule has 2 heterocycles. The fraction of sp³-hybridized carbons (Fsp3) is 0.500. The highest BCUT2D eigenvalue weighted by molar-refractivity contribution is 5.54. The molecule has 0 fully saturated rings. The van der Waals surface area contributed by atoms with Gasteiger partial charge < -0.3 is 14.6 Å². The Bertz CT molecular complexity index is 653. The van der Waals surface area contributed by atoms with Crippen LogP contribution < -0.4 is 0 Å². The van der Waals surface area contributed by atoms with Crippen molar-refractivity contribution in [2.24, 2.45) is 0 Å². The van der Waals surface area contributed by atoms with Gasteiger partial charge in [0.2, 0.25) is 0 Å². The molecule has 0 saturated carbocycles. The van der Waals surface area contributed by atoms with E-state index >= 15 is 0 Å². The van der Waals surface area contributed by atoms with Gasteiger partial charge in [-0.1, -0.05) is 12.1 Å². The molecular weight excluding hydrogens is 316 g/mol. The van der Waals surface area contributed by atoms with Crippen LogP contribution in [0.4, 0.5) is 0 Å². The Morgan fingerprint density at radius 1 is 0.880 bits per heavy atom. The van der Waals surface area contributed by atoms with Crippen LogP contribution in [0.5, 0.6) is 0 Å². The zero-order valence-electron chi connectivity index (χ0n) is 15.4. The van der Waals surface area contributed by atoms with Crippen LogP contribution in [0.1, 0.15) is 45.0 Å². The number of pyridine rings is 2. The van der Waals surface area contributed by atoms with E-state index in [4.69, 9.17) is 9.47 Å². The van der Waals surface area contributed by atoms with Crippen LogP contribution in [0.3, 0.4) is 0 Å². The monoisotopic (exact) mass is 344 g/mol. The lowest BCUT2D eigenvalue weighted by Gasteiger charge is -2.19. The average Bonchev–Trinajstić information content (AvgIpc) is 2.60. The molecule has 0 bridgehead atoms. The van der Waals surface area contributed by atoms with E-state index in [0.29, 0.717) is 18.9 Å². The molecule has 2 aromatic rings. The summed E-state index contributed by atoms with van der Waals surface area (Å²) < 4.78 is 11.4. The van der Waals surface area contributed by atoms with Gasteiger partial charge >= 0.3 is 0 Å². The summed E-state index contributed by atoms with van der Waals surface area (Å²) in [7, 11) is 0. The van der Waals surface area contributed by atoms with Crippen molar-refractivity contribution in [3.8, 4) is 11.4 Å². The number of rotatable bonds is 9. The molecule has 2 rings (SSSR count). The van der Waals surface area contributed by atoms with Gasteiger partial charge in [-0.3, -0.25) is 0 Å². The number of unbranched alkanes of at least 4 members (excludes halogenated alkanes) is 1. The van der Waals surface area contributed by atoms with Crippen LogP contribution in [0.2, 0.25) is 0 Å². The Morgan fingerprint density at radius 3 is 2.12 bits per heavy atom. The molecule has 0 amide bonds. The number of nitrogens with zero attached hydrogens (tertiary/aromatic N) is 2. The molecule has 0 radical (unpaired) electrons. The van der Waals surface area contributed by atoms with Gasteiger partial charge in [-0.15, -0.1) is 0 Å². The topological polar surface area (TPSA) is 64.5 Å². The highest BCUT2D eigenvalue weighted by Crippen LogP contribution is 2.16. The summed E-state index contributed by atoms with van der Waals surface area (Å²) in [5.41, 5.74) is 2.98. The molecule has 0 aliphatic rings. The molecule has 0 aliphatic heterocycles. The predicted octanol–water partition coefficient (Wildman–Crippen LogP) is 3.75. The second kappa shape index (κ2) is 9.61. The van der Waals surface area contributed by atoms with Crippen LogP contribution in [0.15, 0.2) is 36.4 Å². The third-order valence-corrected chi connectivity index (χ3v) is 3.51. The first-order valence-electron chi connectivity index (χ1n) is 8.73. The van der Waals surface area contributed by atoms with Crippen molar-refractivity contribution < 1.29 is 14.6 Å². The third kappa shape index (κ3) is 7.30. The maximum atomic E-state index is 9.20. The molecule has 2 aromatic heterocycles. The van der Waals surface area contributed by atoms with Crippen molar-refractivity contribution in [3.63, 3.8) is 0 Å². The normalized spacial score (nSPS) is 11.7. The van der Waals surface area contributed by atoms with Gasteiger partial charge in [0, 0.05) is 13.2 Å². The van der Waals surface area contributed by atoms with E-state index in [1.54, 1.807) is 6.07 Å². The first-order chi connectivity index (χ1) is 12.0. The van der Waals surface area contributed by atoms with Crippen molar-refractivity contribution in [3.05, 3.63) is 47.8 Å². The van der Waals surface area contributed by atoms with Crippen LogP contribution in [-0.4, -0.2) is 33.9 Å². The number of ether oxygens (including phenoxy) is 2. The minimum atomic E-state index is -0.0768. The first kappa shape index (κ1) is 19.5. The van der Waals surface area contributed by atoms with Crippen molar-refractivity contribution in [2.75, 3.05) is 13.2 Å². The maximum Gasteiger partial charge on any atom is 0.0890 e. The van der Waals surface area contributed by atoms with E-state index < -0.39 is 0 Å². The molecule has 0 aliphatic carbocycles. The summed E-state index contributed by atoms with van der Waals surface area (Å²) in [4.78, 5) is 8.98. The van der Waals surface area contributed by atoms with E-state index in [2.05, 4.69) is 30.7 Å². The minimum Gasteiger partial charge on any atom is -0.390 e. The molecule has 5 nitrogen and oxygen atoms in total. The van der Waals surface area contributed by atoms with Gasteiger partial charge in [-0.25, -0.2) is 9.97 Å². The predicted molar refractivity (Wildman–Crippen MR) is 98.0 cm³/mol. The van der Waals surface area contributed by atoms with Gasteiger partial charge in [-0.2, -0.15) is 0 Å². The zero-order chi connectivity index (χ0) is 18.1. The van der Waals surface area contributed by atoms with Gasteiger partial charge in [-0.05, 0) is 57.9 Å². The summed E-state index contributed by atoms with van der Waals surface area (Å²) in [6.45, 7) is 8.04. The number of aliphatic hydroxyl groups excluding tert-OH is 1. The van der Waals surface area contributed by atoms with Gasteiger partial charge in [0.1, 0.15) is 0 Å². The summed E-state index contributed by atoms with van der Waals surface area (Å²) in [5.74, 6) is 0. The van der Waals surface area contributed by atoms with E-state index in [0.717, 1.165) is 36.5 Å². The van der Waals surface area contributed by atoms with Crippen molar-refractivity contribution in [1.82, 2.24) is 9.97 Å². The number of hydrogen-bond donors (Lipinski definition) is 1. The lowest BCUT2D eigenvalue weighted by Crippen LogP contribution is -2.19. The summed E-state index contributed by atoms with van der Waals surface area (Å²) >= 11 is 0. The van der Waals surface area contributed by atoms with Crippen molar-refractivity contribution in [1.29, 1.82) is 0 Å². The largest absolute Gasteiger partial charge is 0.390 e. The smallest absolute Gasteiger partial charge is 0.0890 e. The number of aliphatic hydroxyl groups is 1. The number of hydrogen-bond acceptors (Lipinski definition) is 5. The van der Waals surface area contributed by atoms with Crippen molar-refractivity contribution >= 4 is 0 Å². The summed E-state index contributed by atoms with van der Waals surface area (Å²) in [6, 6.07) is 11.4. The average molecular weight is 344 g/mol. The second-order valence-corrected chi connectivity index (χ2v) is 6.91. The molecule has 0 saturated heterocycles. The Balaban J connectivity index is 1.78. The van der Waals surface area contributed by atoms with E-state index in [-0.39, 0.29) is 12.2 Å². The number of aromatic nitrogens is 2. The van der Waals surface area contributed by atoms with Gasteiger partial charge in [0.25, 0.3) is 0 Å². The standard InChI is InChI=1S/C20H28N2O3/c1-20(2,3)25-13-5-4-12-24-15-17-9-7-11-19(22-17)18-10-6-8-16(14-23)21-18/h6-11,23H,4-5,12-15H2,1-3H3. The van der Waals surface area contributed by atoms with E-state index in [1.807, 2.05) is 30.3 Å². The maximum absolute atomic E-state index is 9.20. The van der Waals surface area contributed by atoms with Gasteiger partial charge in [0.05, 0.1) is 41.6 Å². The molecule has 0 aromatic carbocycles. The van der Waals surface area contributed by atoms with Gasteiger partial charge in [0.15, 0.2) is 0 Å². The quantitative estimate of drug-likeness (QED) is 0.702. The van der Waals surface area contributed by atoms with Crippen molar-refractivity contribution in [2.45, 2.75) is 52.4 Å². The molecule has 5 heteroatoms. The second-order valence-electron chi connectivity index (χ2n) is 6.91. The highest BCUT2D eigenvalue weighted by atomic mass is 16.5. The van der Waals surface area contributed by atoms with Crippen LogP contribution in [-0.2, 0) is 22.7 Å². The lowest BCUT2D eigenvalue weighted by atomic mass is 10.2. The SMILES string of the molecule is CC(C)(C)OCCCCOCc1cccc(-c2cccc(CO)n2)n1. The third-order valence-electron chi connectivity index (χ3n) is 3.51. The first-order valence-corrected chi connectivity index (χ1v) is 8.73. The molecular formula is C20H28N2O3. The summed E-state index contributed by atoms with van der Waals surface area (Å²) in [5, 5.41) is 9.20. The molecule has 136 valence electrons. The Labute approximate surface area is 150 Å². The molecule has 0 spiro atoms. The fourth-order valence-corrected chi connectivity index (χ4v) is 2.27. The molecule has 25 heavy (non-hydrogen) atoms. The summed E-state index contributed by atoms with van der Waals surface area (Å²) in [6.07, 6.45) is 1.96. The zero-order valence-corrected chi connectivity index (χ0v) is 15.4. The lowest BCUT2D eigenvalue weighted by molar-refractivity contribution is -0.00768. The Morgan fingerprint density at radius 2 is 1.48 bits per heavy atom. The van der Waals surface area contributed by atoms with Crippen LogP contribution in [0, 0.1) is 0 Å². The van der Waals surface area contributed by atoms with E-state index in [9.17, 15) is 5.11 Å². The highest BCUT2D eigenvalue weighted by Gasteiger charge is 2.09. The Hall–Kier alpha value is -1.82. The fourth-order valence-electron chi connectivity index (χ4n) is 2.27.